The van der Waals surface area contributed by atoms with Crippen LogP contribution in [0.25, 0.3) is 10.9 Å². The average Bonchev–Trinajstić information content (AvgIpc) is 2.98. The summed E-state index contributed by atoms with van der Waals surface area (Å²) in [4.78, 5) is 17.7. The van der Waals surface area contributed by atoms with Gasteiger partial charge < -0.3 is 10.2 Å². The van der Waals surface area contributed by atoms with Crippen LogP contribution in [0.5, 0.6) is 0 Å². The normalized spacial score (nSPS) is 26.9. The zero-order valence-electron chi connectivity index (χ0n) is 16.3. The molecule has 146 valence electrons. The third-order valence-corrected chi connectivity index (χ3v) is 6.82. The number of carbonyl (C=O) groups is 1. The number of nitrogens with one attached hydrogen (secondary N) is 1. The van der Waals surface area contributed by atoms with Crippen molar-refractivity contribution >= 4 is 28.4 Å². The highest BCUT2D eigenvalue weighted by Gasteiger charge is 2.51. The van der Waals surface area contributed by atoms with Crippen LogP contribution in [-0.4, -0.2) is 65.3 Å². The lowest BCUT2D eigenvalue weighted by molar-refractivity contribution is -0.144. The second-order valence-electron chi connectivity index (χ2n) is 8.04. The van der Waals surface area contributed by atoms with Crippen LogP contribution in [0.15, 0.2) is 18.2 Å². The summed E-state index contributed by atoms with van der Waals surface area (Å²) >= 11 is 6.51. The van der Waals surface area contributed by atoms with Gasteiger partial charge in [0.25, 0.3) is 0 Å². The van der Waals surface area contributed by atoms with Gasteiger partial charge in [-0.25, -0.2) is 0 Å². The van der Waals surface area contributed by atoms with Crippen molar-refractivity contribution in [3.63, 3.8) is 0 Å². The topological polar surface area (TPSA) is 53.4 Å². The Hall–Kier alpha value is -1.63. The molecule has 2 aliphatic heterocycles. The Bertz CT molecular complexity index is 865. The van der Waals surface area contributed by atoms with E-state index in [1.54, 1.807) is 7.05 Å². The maximum absolute atomic E-state index is 12.9. The number of likely N-dealkylation sites (tertiary alicyclic amines) is 2. The first-order valence-electron chi connectivity index (χ1n) is 9.71. The number of rotatable bonds is 3. The van der Waals surface area contributed by atoms with Crippen molar-refractivity contribution in [1.82, 2.24) is 24.9 Å². The molecule has 0 unspecified atom stereocenters. The fraction of sp³-hybridized carbons (Fsp3) is 0.600. The van der Waals surface area contributed by atoms with Crippen LogP contribution in [0.3, 0.4) is 0 Å². The fourth-order valence-corrected chi connectivity index (χ4v) is 5.38. The van der Waals surface area contributed by atoms with Crippen LogP contribution in [0.4, 0.5) is 0 Å². The summed E-state index contributed by atoms with van der Waals surface area (Å²) in [7, 11) is 5.87. The molecule has 0 radical (unpaired) electrons. The highest BCUT2D eigenvalue weighted by Crippen LogP contribution is 2.43. The Kier molecular flexibility index (Phi) is 4.91. The van der Waals surface area contributed by atoms with Gasteiger partial charge >= 0.3 is 0 Å². The molecule has 2 atom stereocenters. The number of hydrogen-bond acceptors (Lipinski definition) is 4. The summed E-state index contributed by atoms with van der Waals surface area (Å²) in [6.45, 7) is 3.58. The summed E-state index contributed by atoms with van der Waals surface area (Å²) < 4.78 is 1.90. The molecule has 4 rings (SSSR count). The number of likely N-dealkylation sites (N-methyl/N-ethyl adjacent to an activating group) is 1. The predicted octanol–water partition coefficient (Wildman–Crippen LogP) is 2.26. The van der Waals surface area contributed by atoms with Crippen molar-refractivity contribution in [3.8, 4) is 0 Å². The first kappa shape index (κ1) is 18.7. The molecular weight excluding hydrogens is 362 g/mol. The lowest BCUT2D eigenvalue weighted by atomic mass is 9.67. The summed E-state index contributed by atoms with van der Waals surface area (Å²) in [5, 5.41) is 9.48. The zero-order chi connectivity index (χ0) is 19.2. The smallest absolute Gasteiger partial charge is 0.227 e. The van der Waals surface area contributed by atoms with Gasteiger partial charge in [-0.2, -0.15) is 5.10 Å². The highest BCUT2D eigenvalue weighted by atomic mass is 35.5. The molecule has 2 fully saturated rings. The average molecular weight is 390 g/mol. The zero-order valence-corrected chi connectivity index (χ0v) is 17.1. The summed E-state index contributed by atoms with van der Waals surface area (Å²) in [6, 6.07) is 6.14. The Morgan fingerprint density at radius 2 is 2.15 bits per heavy atom. The van der Waals surface area contributed by atoms with Crippen molar-refractivity contribution < 1.29 is 4.79 Å². The van der Waals surface area contributed by atoms with Gasteiger partial charge in [0.1, 0.15) is 0 Å². The molecule has 6 nitrogen and oxygen atoms in total. The van der Waals surface area contributed by atoms with Gasteiger partial charge in [-0.15, -0.1) is 0 Å². The summed E-state index contributed by atoms with van der Waals surface area (Å²) in [5.74, 6) is 0.189. The SMILES string of the molecule is CNC(=O)[C@@]12CCCN(Cc3nn(C)c4cccc(Cl)c34)[C@H]1CN(C)CC2. The minimum Gasteiger partial charge on any atom is -0.359 e. The Morgan fingerprint density at radius 1 is 1.33 bits per heavy atom. The van der Waals surface area contributed by atoms with Gasteiger partial charge in [0.2, 0.25) is 5.91 Å². The number of piperidine rings is 2. The van der Waals surface area contributed by atoms with Crippen LogP contribution in [-0.2, 0) is 18.4 Å². The molecule has 0 spiro atoms. The Balaban J connectivity index is 1.70. The van der Waals surface area contributed by atoms with Crippen LogP contribution in [0, 0.1) is 5.41 Å². The van der Waals surface area contributed by atoms with Gasteiger partial charge in [0.15, 0.2) is 0 Å². The predicted molar refractivity (Wildman–Crippen MR) is 108 cm³/mol. The molecule has 1 amide bonds. The van der Waals surface area contributed by atoms with E-state index in [1.165, 1.54) is 0 Å². The molecule has 1 aromatic carbocycles. The highest BCUT2D eigenvalue weighted by molar-refractivity contribution is 6.35. The number of benzene rings is 1. The van der Waals surface area contributed by atoms with Gasteiger partial charge in [0.05, 0.1) is 21.6 Å². The fourth-order valence-electron chi connectivity index (χ4n) is 5.10. The van der Waals surface area contributed by atoms with Crippen molar-refractivity contribution in [2.75, 3.05) is 33.7 Å². The van der Waals surface area contributed by atoms with E-state index >= 15 is 0 Å². The number of amides is 1. The molecule has 0 aliphatic carbocycles. The number of hydrogen-bond donors (Lipinski definition) is 1. The van der Waals surface area contributed by atoms with E-state index in [0.29, 0.717) is 0 Å². The van der Waals surface area contributed by atoms with Crippen LogP contribution >= 0.6 is 11.6 Å². The van der Waals surface area contributed by atoms with E-state index in [2.05, 4.69) is 28.2 Å². The van der Waals surface area contributed by atoms with Crippen LogP contribution in [0.2, 0.25) is 5.02 Å². The number of carbonyl (C=O) groups excluding carboxylic acids is 1. The number of fused-ring (bicyclic) bond motifs is 2. The lowest BCUT2D eigenvalue weighted by Crippen LogP contribution is -2.64. The van der Waals surface area contributed by atoms with E-state index in [0.717, 1.165) is 67.1 Å². The Morgan fingerprint density at radius 3 is 2.93 bits per heavy atom. The van der Waals surface area contributed by atoms with Crippen molar-refractivity contribution in [1.29, 1.82) is 0 Å². The largest absolute Gasteiger partial charge is 0.359 e. The molecule has 1 aromatic heterocycles. The lowest BCUT2D eigenvalue weighted by Gasteiger charge is -2.53. The minimum atomic E-state index is -0.298. The molecule has 2 aliphatic rings. The van der Waals surface area contributed by atoms with Gasteiger partial charge in [-0.3, -0.25) is 14.4 Å². The molecule has 0 saturated carbocycles. The maximum atomic E-state index is 12.9. The van der Waals surface area contributed by atoms with Crippen LogP contribution < -0.4 is 5.32 Å². The molecule has 1 N–H and O–H groups in total. The molecule has 7 heteroatoms. The molecular formula is C20H28ClN5O. The first-order chi connectivity index (χ1) is 13.0. The van der Waals surface area contributed by atoms with Crippen molar-refractivity contribution in [3.05, 3.63) is 28.9 Å². The first-order valence-corrected chi connectivity index (χ1v) is 10.1. The van der Waals surface area contributed by atoms with Crippen molar-refractivity contribution in [2.45, 2.75) is 31.8 Å². The Labute approximate surface area is 165 Å². The van der Waals surface area contributed by atoms with Gasteiger partial charge in [0, 0.05) is 38.6 Å². The number of nitrogens with zero attached hydrogens (tertiary/aromatic N) is 4. The maximum Gasteiger partial charge on any atom is 0.227 e. The number of halogens is 1. The molecule has 27 heavy (non-hydrogen) atoms. The quantitative estimate of drug-likeness (QED) is 0.874. The van der Waals surface area contributed by atoms with Gasteiger partial charge in [-0.1, -0.05) is 17.7 Å². The van der Waals surface area contributed by atoms with Crippen LogP contribution in [0.1, 0.15) is 25.0 Å². The monoisotopic (exact) mass is 389 g/mol. The summed E-state index contributed by atoms with van der Waals surface area (Å²) in [5.41, 5.74) is 1.75. The third-order valence-electron chi connectivity index (χ3n) is 6.50. The van der Waals surface area contributed by atoms with E-state index in [4.69, 9.17) is 16.7 Å². The van der Waals surface area contributed by atoms with E-state index in [9.17, 15) is 4.79 Å². The third kappa shape index (κ3) is 3.04. The number of aromatic nitrogens is 2. The summed E-state index contributed by atoms with van der Waals surface area (Å²) in [6.07, 6.45) is 2.91. The molecule has 0 bridgehead atoms. The standard InChI is InChI=1S/C20H28ClN5O/c1-22-19(27)20-8-5-10-26(17(20)13-24(2)11-9-20)12-15-18-14(21)6-4-7-16(18)25(3)23-15/h4,6-7,17H,5,8-13H2,1-3H3,(H,22,27)/t17-,20+/m0/s1. The van der Waals surface area contributed by atoms with Gasteiger partial charge in [-0.05, 0) is 51.5 Å². The molecule has 2 aromatic rings. The second-order valence-corrected chi connectivity index (χ2v) is 8.45. The molecule has 2 saturated heterocycles. The van der Waals surface area contributed by atoms with E-state index < -0.39 is 0 Å². The van der Waals surface area contributed by atoms with E-state index in [1.807, 2.05) is 23.9 Å². The van der Waals surface area contributed by atoms with Crippen molar-refractivity contribution in [2.24, 2.45) is 12.5 Å². The molecule has 3 heterocycles. The second kappa shape index (κ2) is 7.08. The number of aryl methyl sites for hydroxylation is 1. The minimum absolute atomic E-state index is 0.189. The van der Waals surface area contributed by atoms with E-state index in [-0.39, 0.29) is 17.4 Å².